The molecule has 4 heteroatoms. The van der Waals surface area contributed by atoms with E-state index >= 15 is 0 Å². The number of aryl methyl sites for hydroxylation is 1. The standard InChI is InChI=1S/C17H18N2O2/c1-3-21-15-9-6-14(7-10-15)8-11-16(20)19-17-13(2)5-4-12-18-17/h4-12H,3H2,1-2H3,(H,18,19,20)/b11-8+. The van der Waals surface area contributed by atoms with Crippen molar-refractivity contribution in [3.63, 3.8) is 0 Å². The Morgan fingerprint density at radius 2 is 2.05 bits per heavy atom. The van der Waals surface area contributed by atoms with Crippen molar-refractivity contribution in [3.8, 4) is 5.75 Å². The first-order valence-corrected chi connectivity index (χ1v) is 6.82. The van der Waals surface area contributed by atoms with Gasteiger partial charge in [-0.2, -0.15) is 0 Å². The van der Waals surface area contributed by atoms with Gasteiger partial charge in [-0.3, -0.25) is 4.79 Å². The van der Waals surface area contributed by atoms with E-state index in [1.807, 2.05) is 50.2 Å². The fourth-order valence-corrected chi connectivity index (χ4v) is 1.79. The summed E-state index contributed by atoms with van der Waals surface area (Å²) in [5.74, 6) is 1.20. The Balaban J connectivity index is 1.97. The average molecular weight is 282 g/mol. The number of rotatable bonds is 5. The first-order chi connectivity index (χ1) is 10.2. The predicted octanol–water partition coefficient (Wildman–Crippen LogP) is 3.44. The van der Waals surface area contributed by atoms with Crippen LogP contribution in [0.1, 0.15) is 18.1 Å². The Bertz CT molecular complexity index is 633. The van der Waals surface area contributed by atoms with Crippen molar-refractivity contribution in [2.45, 2.75) is 13.8 Å². The zero-order valence-corrected chi connectivity index (χ0v) is 12.2. The van der Waals surface area contributed by atoms with Crippen molar-refractivity contribution < 1.29 is 9.53 Å². The number of carbonyl (C=O) groups is 1. The molecule has 0 atom stereocenters. The summed E-state index contributed by atoms with van der Waals surface area (Å²) in [6.45, 7) is 4.48. The molecule has 0 saturated heterocycles. The third-order valence-electron chi connectivity index (χ3n) is 2.87. The fourth-order valence-electron chi connectivity index (χ4n) is 1.79. The fraction of sp³-hybridized carbons (Fsp3) is 0.176. The van der Waals surface area contributed by atoms with Gasteiger partial charge in [0.05, 0.1) is 6.61 Å². The van der Waals surface area contributed by atoms with Crippen LogP contribution in [0.3, 0.4) is 0 Å². The molecule has 0 spiro atoms. The summed E-state index contributed by atoms with van der Waals surface area (Å²) >= 11 is 0. The van der Waals surface area contributed by atoms with E-state index in [1.54, 1.807) is 12.3 Å². The molecule has 0 unspecified atom stereocenters. The minimum Gasteiger partial charge on any atom is -0.494 e. The molecule has 2 aromatic rings. The molecule has 1 aromatic carbocycles. The van der Waals surface area contributed by atoms with E-state index in [4.69, 9.17) is 4.74 Å². The van der Waals surface area contributed by atoms with Crippen LogP contribution in [0.4, 0.5) is 5.82 Å². The molecule has 1 aromatic heterocycles. The number of nitrogens with zero attached hydrogens (tertiary/aromatic N) is 1. The molecule has 0 radical (unpaired) electrons. The van der Waals surface area contributed by atoms with Crippen molar-refractivity contribution in [1.82, 2.24) is 4.98 Å². The monoisotopic (exact) mass is 282 g/mol. The van der Waals surface area contributed by atoms with Crippen LogP contribution in [0, 0.1) is 6.92 Å². The SMILES string of the molecule is CCOc1ccc(/C=C/C(=O)Nc2ncccc2C)cc1. The summed E-state index contributed by atoms with van der Waals surface area (Å²) < 4.78 is 5.37. The molecule has 1 N–H and O–H groups in total. The summed E-state index contributed by atoms with van der Waals surface area (Å²) in [5, 5.41) is 2.75. The third-order valence-corrected chi connectivity index (χ3v) is 2.87. The van der Waals surface area contributed by atoms with E-state index in [1.165, 1.54) is 6.08 Å². The lowest BCUT2D eigenvalue weighted by molar-refractivity contribution is -0.111. The largest absolute Gasteiger partial charge is 0.494 e. The van der Waals surface area contributed by atoms with Gasteiger partial charge in [-0.05, 0) is 49.2 Å². The average Bonchev–Trinajstić information content (AvgIpc) is 2.49. The minimum atomic E-state index is -0.203. The van der Waals surface area contributed by atoms with Gasteiger partial charge in [-0.25, -0.2) is 4.98 Å². The van der Waals surface area contributed by atoms with Crippen molar-refractivity contribution >= 4 is 17.8 Å². The van der Waals surface area contributed by atoms with Crippen LogP contribution in [-0.4, -0.2) is 17.5 Å². The van der Waals surface area contributed by atoms with E-state index in [0.29, 0.717) is 12.4 Å². The van der Waals surface area contributed by atoms with Crippen molar-refractivity contribution in [2.75, 3.05) is 11.9 Å². The third kappa shape index (κ3) is 4.45. The molecule has 1 amide bonds. The van der Waals surface area contributed by atoms with E-state index in [9.17, 15) is 4.79 Å². The molecule has 0 aliphatic carbocycles. The molecule has 21 heavy (non-hydrogen) atoms. The molecule has 0 bridgehead atoms. The van der Waals surface area contributed by atoms with Crippen LogP contribution in [0.25, 0.3) is 6.08 Å². The number of nitrogens with one attached hydrogen (secondary N) is 1. The highest BCUT2D eigenvalue weighted by molar-refractivity contribution is 6.01. The maximum Gasteiger partial charge on any atom is 0.249 e. The molecule has 2 rings (SSSR count). The van der Waals surface area contributed by atoms with E-state index < -0.39 is 0 Å². The summed E-state index contributed by atoms with van der Waals surface area (Å²) in [6, 6.07) is 11.3. The van der Waals surface area contributed by atoms with Crippen LogP contribution in [0.5, 0.6) is 5.75 Å². The number of pyridine rings is 1. The lowest BCUT2D eigenvalue weighted by Gasteiger charge is -2.04. The minimum absolute atomic E-state index is 0.203. The number of anilines is 1. The topological polar surface area (TPSA) is 51.2 Å². The summed E-state index contributed by atoms with van der Waals surface area (Å²) in [7, 11) is 0. The highest BCUT2D eigenvalue weighted by atomic mass is 16.5. The van der Waals surface area contributed by atoms with Crippen LogP contribution < -0.4 is 10.1 Å². The Morgan fingerprint density at radius 3 is 2.71 bits per heavy atom. The summed E-state index contributed by atoms with van der Waals surface area (Å²) in [4.78, 5) is 16.0. The van der Waals surface area contributed by atoms with Gasteiger partial charge < -0.3 is 10.1 Å². The van der Waals surface area contributed by atoms with Gasteiger partial charge in [-0.15, -0.1) is 0 Å². The van der Waals surface area contributed by atoms with Gasteiger partial charge in [0.25, 0.3) is 0 Å². The Morgan fingerprint density at radius 1 is 1.29 bits per heavy atom. The summed E-state index contributed by atoms with van der Waals surface area (Å²) in [6.07, 6.45) is 4.89. The van der Waals surface area contributed by atoms with Crippen molar-refractivity contribution in [2.24, 2.45) is 0 Å². The highest BCUT2D eigenvalue weighted by Gasteiger charge is 2.01. The number of aromatic nitrogens is 1. The number of hydrogen-bond donors (Lipinski definition) is 1. The normalized spacial score (nSPS) is 10.6. The molecule has 108 valence electrons. The van der Waals surface area contributed by atoms with Crippen LogP contribution in [-0.2, 0) is 4.79 Å². The molecule has 0 saturated carbocycles. The van der Waals surface area contributed by atoms with Crippen LogP contribution in [0.2, 0.25) is 0 Å². The number of hydrogen-bond acceptors (Lipinski definition) is 3. The van der Waals surface area contributed by atoms with Crippen molar-refractivity contribution in [1.29, 1.82) is 0 Å². The number of ether oxygens (including phenoxy) is 1. The van der Waals surface area contributed by atoms with E-state index in [2.05, 4.69) is 10.3 Å². The smallest absolute Gasteiger partial charge is 0.249 e. The first kappa shape index (κ1) is 14.8. The zero-order chi connectivity index (χ0) is 15.1. The van der Waals surface area contributed by atoms with Gasteiger partial charge in [-0.1, -0.05) is 18.2 Å². The molecule has 0 aliphatic rings. The maximum absolute atomic E-state index is 11.8. The maximum atomic E-state index is 11.8. The first-order valence-electron chi connectivity index (χ1n) is 6.82. The van der Waals surface area contributed by atoms with Crippen LogP contribution in [0.15, 0.2) is 48.7 Å². The molecular formula is C17H18N2O2. The van der Waals surface area contributed by atoms with E-state index in [0.717, 1.165) is 16.9 Å². The molecule has 0 aliphatic heterocycles. The second-order valence-electron chi connectivity index (χ2n) is 4.49. The van der Waals surface area contributed by atoms with Gasteiger partial charge in [0.2, 0.25) is 5.91 Å². The molecule has 0 fully saturated rings. The van der Waals surface area contributed by atoms with E-state index in [-0.39, 0.29) is 5.91 Å². The highest BCUT2D eigenvalue weighted by Crippen LogP contribution is 2.13. The van der Waals surface area contributed by atoms with Gasteiger partial charge in [0.1, 0.15) is 11.6 Å². The van der Waals surface area contributed by atoms with Crippen LogP contribution >= 0.6 is 0 Å². The predicted molar refractivity (Wildman–Crippen MR) is 84.2 cm³/mol. The zero-order valence-electron chi connectivity index (χ0n) is 12.2. The van der Waals surface area contributed by atoms with Gasteiger partial charge >= 0.3 is 0 Å². The number of benzene rings is 1. The Labute approximate surface area is 124 Å². The Kier molecular flexibility index (Phi) is 5.10. The van der Waals surface area contributed by atoms with Gasteiger partial charge in [0.15, 0.2) is 0 Å². The summed E-state index contributed by atoms with van der Waals surface area (Å²) in [5.41, 5.74) is 1.87. The molecular weight excluding hydrogens is 264 g/mol. The molecule has 1 heterocycles. The quantitative estimate of drug-likeness (QED) is 0.855. The Hall–Kier alpha value is -2.62. The molecule has 4 nitrogen and oxygen atoms in total. The van der Waals surface area contributed by atoms with Crippen molar-refractivity contribution in [3.05, 3.63) is 59.8 Å². The number of amides is 1. The van der Waals surface area contributed by atoms with Gasteiger partial charge in [0, 0.05) is 12.3 Å². The lowest BCUT2D eigenvalue weighted by Crippen LogP contribution is -2.10. The lowest BCUT2D eigenvalue weighted by atomic mass is 10.2. The second kappa shape index (κ2) is 7.24. The number of carbonyl (C=O) groups excluding carboxylic acids is 1. The second-order valence-corrected chi connectivity index (χ2v) is 4.49.